The molecule has 1 aliphatic rings. The molecule has 4 heterocycles. The van der Waals surface area contributed by atoms with Crippen molar-refractivity contribution in [1.29, 1.82) is 0 Å². The van der Waals surface area contributed by atoms with Crippen molar-refractivity contribution in [2.24, 2.45) is 5.92 Å². The summed E-state index contributed by atoms with van der Waals surface area (Å²) in [7, 11) is 0. The van der Waals surface area contributed by atoms with Gasteiger partial charge in [-0.1, -0.05) is 0 Å². The molecule has 6 nitrogen and oxygen atoms in total. The maximum atomic E-state index is 12.8. The van der Waals surface area contributed by atoms with E-state index in [4.69, 9.17) is 4.74 Å². The van der Waals surface area contributed by atoms with Gasteiger partial charge in [-0.25, -0.2) is 4.98 Å². The minimum atomic E-state index is 0.0596. The molecule has 0 aliphatic carbocycles. The molecular weight excluding hydrogens is 336 g/mol. The Kier molecular flexibility index (Phi) is 4.50. The second-order valence-corrected chi connectivity index (χ2v) is 7.19. The van der Waals surface area contributed by atoms with Crippen LogP contribution in [0.15, 0.2) is 36.2 Å². The number of aromatic nitrogens is 3. The second-order valence-electron chi connectivity index (χ2n) is 6.34. The summed E-state index contributed by atoms with van der Waals surface area (Å²) in [6, 6.07) is 4.09. The van der Waals surface area contributed by atoms with Gasteiger partial charge in [0.25, 0.3) is 5.91 Å². The second kappa shape index (κ2) is 6.93. The van der Waals surface area contributed by atoms with Gasteiger partial charge in [-0.3, -0.25) is 9.78 Å². The van der Waals surface area contributed by atoms with Gasteiger partial charge in [-0.15, -0.1) is 11.3 Å². The van der Waals surface area contributed by atoms with E-state index in [9.17, 15) is 4.79 Å². The Morgan fingerprint density at radius 3 is 3.16 bits per heavy atom. The number of aryl methyl sites for hydroxylation is 1. The van der Waals surface area contributed by atoms with E-state index in [-0.39, 0.29) is 11.8 Å². The summed E-state index contributed by atoms with van der Waals surface area (Å²) in [5, 5.41) is 0. The Morgan fingerprint density at radius 1 is 1.40 bits per heavy atom. The van der Waals surface area contributed by atoms with Crippen molar-refractivity contribution >= 4 is 22.8 Å². The number of carbonyl (C=O) groups excluding carboxylic acids is 1. The van der Waals surface area contributed by atoms with E-state index >= 15 is 0 Å². The Morgan fingerprint density at radius 2 is 2.32 bits per heavy atom. The average molecular weight is 356 g/mol. The van der Waals surface area contributed by atoms with Crippen molar-refractivity contribution in [2.75, 3.05) is 26.3 Å². The molecule has 1 saturated heterocycles. The lowest BCUT2D eigenvalue weighted by molar-refractivity contribution is 0.0741. The molecule has 0 N–H and O–H groups in total. The van der Waals surface area contributed by atoms with Crippen LogP contribution in [0.3, 0.4) is 0 Å². The first-order valence-corrected chi connectivity index (χ1v) is 9.28. The molecule has 130 valence electrons. The molecule has 0 aromatic carbocycles. The van der Waals surface area contributed by atoms with E-state index in [0.717, 1.165) is 28.2 Å². The largest absolute Gasteiger partial charge is 0.379 e. The van der Waals surface area contributed by atoms with Gasteiger partial charge in [-0.05, 0) is 25.5 Å². The summed E-state index contributed by atoms with van der Waals surface area (Å²) in [5.41, 5.74) is 4.69. The fourth-order valence-electron chi connectivity index (χ4n) is 3.30. The number of fused-ring (bicyclic) bond motifs is 1. The van der Waals surface area contributed by atoms with Crippen molar-refractivity contribution in [3.63, 3.8) is 0 Å². The number of hydrogen-bond acceptors (Lipinski definition) is 5. The predicted octanol–water partition coefficient (Wildman–Crippen LogP) is 2.43. The molecule has 25 heavy (non-hydrogen) atoms. The van der Waals surface area contributed by atoms with E-state index < -0.39 is 0 Å². The number of hydrogen-bond donors (Lipinski definition) is 0. The Labute approximate surface area is 150 Å². The lowest BCUT2D eigenvalue weighted by atomic mass is 10.0. The summed E-state index contributed by atoms with van der Waals surface area (Å²) in [6.07, 6.45) is 6.58. The van der Waals surface area contributed by atoms with Gasteiger partial charge >= 0.3 is 0 Å². The first-order chi connectivity index (χ1) is 12.2. The van der Waals surface area contributed by atoms with Crippen molar-refractivity contribution in [2.45, 2.75) is 13.3 Å². The van der Waals surface area contributed by atoms with E-state index in [0.29, 0.717) is 26.3 Å². The average Bonchev–Trinajstić information content (AvgIpc) is 3.19. The number of rotatable bonds is 3. The highest BCUT2D eigenvalue weighted by atomic mass is 32.1. The molecule has 0 saturated carbocycles. The molecule has 3 aromatic rings. The lowest BCUT2D eigenvalue weighted by Gasteiger charge is -2.23. The summed E-state index contributed by atoms with van der Waals surface area (Å²) in [5.74, 6) is 0.289. The standard InChI is InChI=1S/C18H20N4O2S/c1-13-17(25-12-20-13)18(23)22-7-8-24-11-14(10-22)9-15-16-3-2-5-21(16)6-4-19-15/h2-6,12,14H,7-11H2,1H3/t14-/m0/s1. The highest BCUT2D eigenvalue weighted by molar-refractivity contribution is 7.11. The summed E-state index contributed by atoms with van der Waals surface area (Å²) in [6.45, 7) is 4.40. The smallest absolute Gasteiger partial charge is 0.265 e. The Bertz CT molecular complexity index is 888. The van der Waals surface area contributed by atoms with Gasteiger partial charge in [0.15, 0.2) is 0 Å². The minimum absolute atomic E-state index is 0.0596. The molecule has 0 unspecified atom stereocenters. The lowest BCUT2D eigenvalue weighted by Crippen LogP contribution is -2.36. The first-order valence-electron chi connectivity index (χ1n) is 8.40. The van der Waals surface area contributed by atoms with E-state index in [1.54, 1.807) is 5.51 Å². The fourth-order valence-corrected chi connectivity index (χ4v) is 4.07. The number of nitrogens with zero attached hydrogens (tertiary/aromatic N) is 4. The Balaban J connectivity index is 1.53. The van der Waals surface area contributed by atoms with Crippen molar-refractivity contribution < 1.29 is 9.53 Å². The van der Waals surface area contributed by atoms with E-state index in [1.807, 2.05) is 36.5 Å². The van der Waals surface area contributed by atoms with E-state index in [1.165, 1.54) is 11.3 Å². The molecule has 0 spiro atoms. The van der Waals surface area contributed by atoms with Gasteiger partial charge < -0.3 is 14.0 Å². The maximum absolute atomic E-state index is 12.8. The van der Waals surface area contributed by atoms with Crippen LogP contribution in [-0.2, 0) is 11.2 Å². The van der Waals surface area contributed by atoms with Gasteiger partial charge in [0.2, 0.25) is 0 Å². The quantitative estimate of drug-likeness (QED) is 0.723. The van der Waals surface area contributed by atoms with Crippen LogP contribution in [-0.4, -0.2) is 51.5 Å². The fraction of sp³-hybridized carbons (Fsp3) is 0.389. The molecule has 1 aliphatic heterocycles. The normalized spacial score (nSPS) is 18.4. The molecule has 1 amide bonds. The zero-order valence-electron chi connectivity index (χ0n) is 14.1. The summed E-state index contributed by atoms with van der Waals surface area (Å²) in [4.78, 5) is 24.2. The zero-order chi connectivity index (χ0) is 17.2. The highest BCUT2D eigenvalue weighted by Gasteiger charge is 2.26. The number of ether oxygens (including phenoxy) is 1. The van der Waals surface area contributed by atoms with Gasteiger partial charge in [0.05, 0.1) is 35.6 Å². The number of amides is 1. The molecule has 0 bridgehead atoms. The SMILES string of the molecule is Cc1ncsc1C(=O)N1CCOC[C@@H](Cc2nccn3cccc23)C1. The maximum Gasteiger partial charge on any atom is 0.265 e. The highest BCUT2D eigenvalue weighted by Crippen LogP contribution is 2.20. The van der Waals surface area contributed by atoms with Gasteiger partial charge in [0.1, 0.15) is 4.88 Å². The summed E-state index contributed by atoms with van der Waals surface area (Å²) < 4.78 is 7.83. The van der Waals surface area contributed by atoms with Crippen LogP contribution < -0.4 is 0 Å². The molecule has 7 heteroatoms. The zero-order valence-corrected chi connectivity index (χ0v) is 14.9. The van der Waals surface area contributed by atoms with Crippen LogP contribution in [0, 0.1) is 12.8 Å². The molecule has 1 atom stereocenters. The van der Waals surface area contributed by atoms with Crippen LogP contribution in [0.4, 0.5) is 0 Å². The van der Waals surface area contributed by atoms with Crippen molar-refractivity contribution in [3.05, 3.63) is 52.5 Å². The van der Waals surface area contributed by atoms with Gasteiger partial charge in [-0.2, -0.15) is 0 Å². The van der Waals surface area contributed by atoms with Gasteiger partial charge in [0, 0.05) is 37.6 Å². The topological polar surface area (TPSA) is 59.7 Å². The third kappa shape index (κ3) is 3.29. The van der Waals surface area contributed by atoms with Crippen molar-refractivity contribution in [3.8, 4) is 0 Å². The van der Waals surface area contributed by atoms with Crippen molar-refractivity contribution in [1.82, 2.24) is 19.3 Å². The third-order valence-corrected chi connectivity index (χ3v) is 5.50. The first kappa shape index (κ1) is 16.2. The van der Waals surface area contributed by atoms with Crippen LogP contribution in [0.1, 0.15) is 21.1 Å². The molecule has 3 aromatic heterocycles. The number of thiazole rings is 1. The summed E-state index contributed by atoms with van der Waals surface area (Å²) >= 11 is 1.41. The van der Waals surface area contributed by atoms with Crippen LogP contribution >= 0.6 is 11.3 Å². The predicted molar refractivity (Wildman–Crippen MR) is 96.0 cm³/mol. The van der Waals surface area contributed by atoms with Crippen LogP contribution in [0.5, 0.6) is 0 Å². The van der Waals surface area contributed by atoms with Crippen LogP contribution in [0.25, 0.3) is 5.52 Å². The molecule has 0 radical (unpaired) electrons. The molecule has 1 fully saturated rings. The number of carbonyl (C=O) groups is 1. The van der Waals surface area contributed by atoms with E-state index in [2.05, 4.69) is 20.4 Å². The molecular formula is C18H20N4O2S. The minimum Gasteiger partial charge on any atom is -0.379 e. The monoisotopic (exact) mass is 356 g/mol. The third-order valence-electron chi connectivity index (χ3n) is 4.58. The van der Waals surface area contributed by atoms with Crippen LogP contribution in [0.2, 0.25) is 0 Å². The molecule has 4 rings (SSSR count). The Hall–Kier alpha value is -2.25.